The van der Waals surface area contributed by atoms with E-state index in [-0.39, 0.29) is 0 Å². The van der Waals surface area contributed by atoms with Gasteiger partial charge in [-0.2, -0.15) is 0 Å². The fourth-order valence-electron chi connectivity index (χ4n) is 2.37. The number of rotatable bonds is 8. The lowest BCUT2D eigenvalue weighted by molar-refractivity contribution is 0.110. The lowest BCUT2D eigenvalue weighted by atomic mass is 9.99. The molecule has 3 rings (SSSR count). The van der Waals surface area contributed by atoms with Crippen molar-refractivity contribution in [2.24, 2.45) is 5.92 Å². The molecule has 0 aromatic heterocycles. The van der Waals surface area contributed by atoms with Gasteiger partial charge < -0.3 is 10.1 Å². The van der Waals surface area contributed by atoms with E-state index in [9.17, 15) is 0 Å². The number of benzene rings is 1. The molecule has 2 aliphatic rings. The van der Waals surface area contributed by atoms with Crippen molar-refractivity contribution in [1.29, 1.82) is 0 Å². The normalized spacial score (nSPS) is 20.5. The summed E-state index contributed by atoms with van der Waals surface area (Å²) in [7, 11) is 0. The Kier molecular flexibility index (Phi) is 4.19. The van der Waals surface area contributed by atoms with Crippen molar-refractivity contribution < 1.29 is 4.74 Å². The topological polar surface area (TPSA) is 21.3 Å². The summed E-state index contributed by atoms with van der Waals surface area (Å²) in [5.74, 6) is 1.36. The summed E-state index contributed by atoms with van der Waals surface area (Å²) < 4.78 is 5.92. The van der Waals surface area contributed by atoms with E-state index in [1.54, 1.807) is 0 Å². The molecule has 104 valence electrons. The van der Waals surface area contributed by atoms with E-state index in [4.69, 9.17) is 4.74 Å². The maximum absolute atomic E-state index is 5.92. The first-order valence-corrected chi connectivity index (χ1v) is 7.69. The van der Waals surface area contributed by atoms with Gasteiger partial charge in [-0.1, -0.05) is 29.8 Å². The zero-order valence-corrected chi connectivity index (χ0v) is 11.9. The van der Waals surface area contributed by atoms with E-state index in [2.05, 4.69) is 36.5 Å². The average Bonchev–Trinajstić information content (AvgIpc) is 3.28. The molecule has 0 heterocycles. The molecule has 0 spiro atoms. The van der Waals surface area contributed by atoms with E-state index in [0.717, 1.165) is 31.7 Å². The van der Waals surface area contributed by atoms with Gasteiger partial charge in [0.05, 0.1) is 6.61 Å². The fourth-order valence-corrected chi connectivity index (χ4v) is 2.37. The van der Waals surface area contributed by atoms with Crippen molar-refractivity contribution in [1.82, 2.24) is 5.32 Å². The van der Waals surface area contributed by atoms with E-state index in [1.165, 1.54) is 36.8 Å². The van der Waals surface area contributed by atoms with Crippen LogP contribution in [0, 0.1) is 12.8 Å². The van der Waals surface area contributed by atoms with Crippen molar-refractivity contribution in [2.45, 2.75) is 44.6 Å². The van der Waals surface area contributed by atoms with Gasteiger partial charge in [0.15, 0.2) is 0 Å². The Labute approximate surface area is 116 Å². The summed E-state index contributed by atoms with van der Waals surface area (Å²) in [6.07, 6.45) is 5.44. The van der Waals surface area contributed by atoms with Gasteiger partial charge in [0.25, 0.3) is 0 Å². The second kappa shape index (κ2) is 6.06. The summed E-state index contributed by atoms with van der Waals surface area (Å²) in [4.78, 5) is 0. The van der Waals surface area contributed by atoms with Crippen LogP contribution in [-0.4, -0.2) is 25.8 Å². The van der Waals surface area contributed by atoms with Crippen LogP contribution in [0.2, 0.25) is 0 Å². The van der Waals surface area contributed by atoms with Gasteiger partial charge in [0.2, 0.25) is 0 Å². The molecule has 1 aromatic carbocycles. The Morgan fingerprint density at radius 3 is 2.53 bits per heavy atom. The number of aryl methyl sites for hydroxylation is 1. The van der Waals surface area contributed by atoms with Gasteiger partial charge in [0, 0.05) is 25.1 Å². The Morgan fingerprint density at radius 1 is 1.16 bits per heavy atom. The van der Waals surface area contributed by atoms with Crippen molar-refractivity contribution in [2.75, 3.05) is 19.8 Å². The summed E-state index contributed by atoms with van der Waals surface area (Å²) in [6, 6.07) is 9.71. The van der Waals surface area contributed by atoms with E-state index in [0.29, 0.717) is 5.92 Å². The third-order valence-corrected chi connectivity index (χ3v) is 4.15. The summed E-state index contributed by atoms with van der Waals surface area (Å²) in [5.41, 5.74) is 2.74. The summed E-state index contributed by atoms with van der Waals surface area (Å²) in [6.45, 7) is 5.02. The van der Waals surface area contributed by atoms with Crippen molar-refractivity contribution in [3.8, 4) is 0 Å². The first kappa shape index (κ1) is 13.1. The predicted molar refractivity (Wildman–Crippen MR) is 78.5 cm³/mol. The van der Waals surface area contributed by atoms with Crippen LogP contribution < -0.4 is 5.32 Å². The molecule has 2 heteroatoms. The number of hydrogen-bond donors (Lipinski definition) is 1. The Morgan fingerprint density at radius 2 is 1.89 bits per heavy atom. The van der Waals surface area contributed by atoms with Crippen LogP contribution >= 0.6 is 0 Å². The van der Waals surface area contributed by atoms with Crippen LogP contribution in [-0.2, 0) is 4.74 Å². The number of ether oxygens (including phenoxy) is 1. The fraction of sp³-hybridized carbons (Fsp3) is 0.647. The Bertz CT molecular complexity index is 392. The van der Waals surface area contributed by atoms with Gasteiger partial charge in [0.1, 0.15) is 0 Å². The summed E-state index contributed by atoms with van der Waals surface area (Å²) >= 11 is 0. The molecule has 0 aliphatic heterocycles. The standard InChI is InChI=1S/C17H25NO/c1-13-2-6-15(7-3-13)16(10-18-17-8-9-17)12-19-11-14-4-5-14/h2-3,6-7,14,16-18H,4-5,8-12H2,1H3. The van der Waals surface area contributed by atoms with Crippen LogP contribution in [0.25, 0.3) is 0 Å². The molecule has 1 N–H and O–H groups in total. The molecule has 2 aliphatic carbocycles. The van der Waals surface area contributed by atoms with Crippen LogP contribution in [0.3, 0.4) is 0 Å². The second-order valence-corrected chi connectivity index (χ2v) is 6.27. The zero-order chi connectivity index (χ0) is 13.1. The molecule has 0 bridgehead atoms. The van der Waals surface area contributed by atoms with E-state index < -0.39 is 0 Å². The molecule has 0 amide bonds. The highest BCUT2D eigenvalue weighted by Gasteiger charge is 2.24. The zero-order valence-electron chi connectivity index (χ0n) is 11.9. The minimum Gasteiger partial charge on any atom is -0.380 e. The van der Waals surface area contributed by atoms with Crippen molar-refractivity contribution >= 4 is 0 Å². The van der Waals surface area contributed by atoms with Crippen LogP contribution in [0.1, 0.15) is 42.7 Å². The molecular formula is C17H25NO. The highest BCUT2D eigenvalue weighted by Crippen LogP contribution is 2.29. The van der Waals surface area contributed by atoms with Gasteiger partial charge in [-0.3, -0.25) is 0 Å². The van der Waals surface area contributed by atoms with Gasteiger partial charge in [-0.05, 0) is 44.1 Å². The molecule has 2 fully saturated rings. The smallest absolute Gasteiger partial charge is 0.0547 e. The number of nitrogens with one attached hydrogen (secondary N) is 1. The lowest BCUT2D eigenvalue weighted by Crippen LogP contribution is -2.26. The molecular weight excluding hydrogens is 234 g/mol. The van der Waals surface area contributed by atoms with Crippen LogP contribution in [0.4, 0.5) is 0 Å². The van der Waals surface area contributed by atoms with Crippen LogP contribution in [0.5, 0.6) is 0 Å². The van der Waals surface area contributed by atoms with Gasteiger partial charge >= 0.3 is 0 Å². The van der Waals surface area contributed by atoms with Crippen molar-refractivity contribution in [3.63, 3.8) is 0 Å². The molecule has 1 aromatic rings. The minimum absolute atomic E-state index is 0.500. The van der Waals surface area contributed by atoms with E-state index >= 15 is 0 Å². The quantitative estimate of drug-likeness (QED) is 0.773. The first-order chi connectivity index (χ1) is 9.31. The SMILES string of the molecule is Cc1ccc(C(CNC2CC2)COCC2CC2)cc1. The monoisotopic (exact) mass is 259 g/mol. The molecule has 0 saturated heterocycles. The maximum Gasteiger partial charge on any atom is 0.0547 e. The van der Waals surface area contributed by atoms with Crippen LogP contribution in [0.15, 0.2) is 24.3 Å². The van der Waals surface area contributed by atoms with Gasteiger partial charge in [-0.15, -0.1) is 0 Å². The lowest BCUT2D eigenvalue weighted by Gasteiger charge is -2.18. The Hall–Kier alpha value is -0.860. The largest absolute Gasteiger partial charge is 0.380 e. The Balaban J connectivity index is 1.54. The first-order valence-electron chi connectivity index (χ1n) is 7.69. The van der Waals surface area contributed by atoms with Crippen molar-refractivity contribution in [3.05, 3.63) is 35.4 Å². The minimum atomic E-state index is 0.500. The summed E-state index contributed by atoms with van der Waals surface area (Å²) in [5, 5.41) is 3.64. The maximum atomic E-state index is 5.92. The molecule has 0 radical (unpaired) electrons. The van der Waals surface area contributed by atoms with E-state index in [1.807, 2.05) is 0 Å². The predicted octanol–water partition coefficient (Wildman–Crippen LogP) is 3.26. The highest BCUT2D eigenvalue weighted by atomic mass is 16.5. The molecule has 19 heavy (non-hydrogen) atoms. The molecule has 1 unspecified atom stereocenters. The molecule has 1 atom stereocenters. The van der Waals surface area contributed by atoms with Gasteiger partial charge in [-0.25, -0.2) is 0 Å². The molecule has 2 saturated carbocycles. The average molecular weight is 259 g/mol. The third kappa shape index (κ3) is 4.32. The highest BCUT2D eigenvalue weighted by molar-refractivity contribution is 5.25. The third-order valence-electron chi connectivity index (χ3n) is 4.15. The molecule has 2 nitrogen and oxygen atoms in total. The second-order valence-electron chi connectivity index (χ2n) is 6.27. The number of hydrogen-bond acceptors (Lipinski definition) is 2.